The number of rotatable bonds is 1. The monoisotopic (exact) mass is 272 g/mol. The van der Waals surface area contributed by atoms with E-state index in [-0.39, 0.29) is 0 Å². The van der Waals surface area contributed by atoms with Gasteiger partial charge in [-0.3, -0.25) is 0 Å². The number of halogens is 1. The number of hydrogen-bond acceptors (Lipinski definition) is 3. The molecule has 0 amide bonds. The zero-order chi connectivity index (χ0) is 11.0. The quantitative estimate of drug-likeness (QED) is 0.854. The molecule has 1 unspecified atom stereocenters. The van der Waals surface area contributed by atoms with Crippen molar-refractivity contribution in [3.8, 4) is 11.5 Å². The molecule has 0 bridgehead atoms. The van der Waals surface area contributed by atoms with E-state index in [4.69, 9.17) is 9.47 Å². The summed E-state index contributed by atoms with van der Waals surface area (Å²) in [6.07, 6.45) is -0.518. The second-order valence-electron chi connectivity index (χ2n) is 3.60. The van der Waals surface area contributed by atoms with Gasteiger partial charge in [0.2, 0.25) is 0 Å². The number of aliphatic hydroxyl groups excluding tert-OH is 1. The smallest absolute Gasteiger partial charge is 0.164 e. The fraction of sp³-hybridized carbons (Fsp3) is 0.455. The third-order valence-corrected chi connectivity index (χ3v) is 3.14. The highest BCUT2D eigenvalue weighted by molar-refractivity contribution is 9.10. The summed E-state index contributed by atoms with van der Waals surface area (Å²) in [5.41, 5.74) is 1.80. The van der Waals surface area contributed by atoms with Crippen LogP contribution in [-0.2, 0) is 0 Å². The Morgan fingerprint density at radius 2 is 2.07 bits per heavy atom. The lowest BCUT2D eigenvalue weighted by Gasteiger charge is -2.23. The zero-order valence-electron chi connectivity index (χ0n) is 8.71. The largest absolute Gasteiger partial charge is 0.486 e. The molecule has 0 fully saturated rings. The molecule has 1 aliphatic heterocycles. The second kappa shape index (κ2) is 4.02. The summed E-state index contributed by atoms with van der Waals surface area (Å²) in [7, 11) is 0. The van der Waals surface area contributed by atoms with Crippen LogP contribution in [0.25, 0.3) is 0 Å². The van der Waals surface area contributed by atoms with Crippen LogP contribution in [0.1, 0.15) is 24.2 Å². The van der Waals surface area contributed by atoms with Crippen molar-refractivity contribution < 1.29 is 14.6 Å². The molecule has 1 atom stereocenters. The maximum atomic E-state index is 9.66. The lowest BCUT2D eigenvalue weighted by atomic mass is 10.0. The van der Waals surface area contributed by atoms with Crippen molar-refractivity contribution in [2.24, 2.45) is 0 Å². The molecule has 1 N–H and O–H groups in total. The van der Waals surface area contributed by atoms with Gasteiger partial charge in [0.1, 0.15) is 13.2 Å². The molecule has 4 heteroatoms. The predicted octanol–water partition coefficient (Wildman–Crippen LogP) is 2.58. The van der Waals surface area contributed by atoms with E-state index in [1.165, 1.54) is 0 Å². The molecule has 1 aromatic rings. The van der Waals surface area contributed by atoms with Gasteiger partial charge in [-0.2, -0.15) is 0 Å². The first-order valence-corrected chi connectivity index (χ1v) is 5.67. The molecule has 0 aliphatic carbocycles. The number of hydrogen-bond donors (Lipinski definition) is 1. The summed E-state index contributed by atoms with van der Waals surface area (Å²) in [5.74, 6) is 1.50. The van der Waals surface area contributed by atoms with E-state index in [9.17, 15) is 5.11 Å². The van der Waals surface area contributed by atoms with Crippen molar-refractivity contribution >= 4 is 15.9 Å². The van der Waals surface area contributed by atoms with Gasteiger partial charge in [-0.25, -0.2) is 0 Å². The van der Waals surface area contributed by atoms with Crippen LogP contribution < -0.4 is 9.47 Å². The SMILES string of the molecule is Cc1c2c(cc(Br)c1C(C)O)OCCO2. The molecule has 82 valence electrons. The van der Waals surface area contributed by atoms with Gasteiger partial charge in [0, 0.05) is 15.6 Å². The maximum absolute atomic E-state index is 9.66. The Kier molecular flexibility index (Phi) is 2.89. The molecule has 0 radical (unpaired) electrons. The van der Waals surface area contributed by atoms with E-state index in [1.54, 1.807) is 6.92 Å². The summed E-state index contributed by atoms with van der Waals surface area (Å²) in [4.78, 5) is 0. The fourth-order valence-electron chi connectivity index (χ4n) is 1.84. The van der Waals surface area contributed by atoms with Crippen LogP contribution in [0, 0.1) is 6.92 Å². The fourth-order valence-corrected chi connectivity index (χ4v) is 2.68. The van der Waals surface area contributed by atoms with Crippen molar-refractivity contribution in [2.45, 2.75) is 20.0 Å². The first-order valence-electron chi connectivity index (χ1n) is 4.88. The molecule has 3 nitrogen and oxygen atoms in total. The van der Waals surface area contributed by atoms with Crippen molar-refractivity contribution in [1.82, 2.24) is 0 Å². The summed E-state index contributed by atoms with van der Waals surface area (Å²) >= 11 is 3.43. The van der Waals surface area contributed by atoms with Gasteiger partial charge in [-0.15, -0.1) is 0 Å². The van der Waals surface area contributed by atoms with Crippen LogP contribution in [0.4, 0.5) is 0 Å². The maximum Gasteiger partial charge on any atom is 0.164 e. The van der Waals surface area contributed by atoms with Crippen LogP contribution in [0.3, 0.4) is 0 Å². The van der Waals surface area contributed by atoms with E-state index in [0.717, 1.165) is 27.1 Å². The Morgan fingerprint density at radius 1 is 1.40 bits per heavy atom. The van der Waals surface area contributed by atoms with Gasteiger partial charge < -0.3 is 14.6 Å². The molecule has 0 spiro atoms. The van der Waals surface area contributed by atoms with Gasteiger partial charge >= 0.3 is 0 Å². The van der Waals surface area contributed by atoms with E-state index in [2.05, 4.69) is 15.9 Å². The Hall–Kier alpha value is -0.740. The molecule has 1 aromatic carbocycles. The Bertz CT molecular complexity index is 388. The first-order chi connectivity index (χ1) is 7.11. The van der Waals surface area contributed by atoms with Gasteiger partial charge in [-0.1, -0.05) is 15.9 Å². The Morgan fingerprint density at radius 3 is 2.73 bits per heavy atom. The van der Waals surface area contributed by atoms with Crippen molar-refractivity contribution in [1.29, 1.82) is 0 Å². The second-order valence-corrected chi connectivity index (χ2v) is 4.45. The number of fused-ring (bicyclic) bond motifs is 1. The van der Waals surface area contributed by atoms with E-state index in [0.29, 0.717) is 13.2 Å². The van der Waals surface area contributed by atoms with Crippen molar-refractivity contribution in [2.75, 3.05) is 13.2 Å². The molecule has 0 saturated carbocycles. The lowest BCUT2D eigenvalue weighted by Crippen LogP contribution is -2.17. The van der Waals surface area contributed by atoms with Gasteiger partial charge in [0.15, 0.2) is 11.5 Å². The molecule has 15 heavy (non-hydrogen) atoms. The van der Waals surface area contributed by atoms with Crippen molar-refractivity contribution in [3.63, 3.8) is 0 Å². The molecule has 2 rings (SSSR count). The third-order valence-electron chi connectivity index (χ3n) is 2.49. The molecule has 0 aromatic heterocycles. The summed E-state index contributed by atoms with van der Waals surface area (Å²) in [6, 6.07) is 1.85. The van der Waals surface area contributed by atoms with E-state index < -0.39 is 6.10 Å². The number of ether oxygens (including phenoxy) is 2. The Balaban J connectivity index is 2.59. The van der Waals surface area contributed by atoms with Crippen LogP contribution in [0.2, 0.25) is 0 Å². The normalized spacial score (nSPS) is 16.3. The van der Waals surface area contributed by atoms with E-state index >= 15 is 0 Å². The summed E-state index contributed by atoms with van der Waals surface area (Å²) in [5, 5.41) is 9.66. The third kappa shape index (κ3) is 1.84. The van der Waals surface area contributed by atoms with E-state index in [1.807, 2.05) is 13.0 Å². The average Bonchev–Trinajstić information content (AvgIpc) is 2.17. The summed E-state index contributed by atoms with van der Waals surface area (Å²) < 4.78 is 11.9. The minimum Gasteiger partial charge on any atom is -0.486 e. The van der Waals surface area contributed by atoms with Crippen LogP contribution in [0.15, 0.2) is 10.5 Å². The van der Waals surface area contributed by atoms with Gasteiger partial charge in [0.05, 0.1) is 6.10 Å². The topological polar surface area (TPSA) is 38.7 Å². The highest BCUT2D eigenvalue weighted by atomic mass is 79.9. The van der Waals surface area contributed by atoms with Crippen LogP contribution in [-0.4, -0.2) is 18.3 Å². The average molecular weight is 273 g/mol. The first kappa shape index (κ1) is 10.8. The predicted molar refractivity (Wildman–Crippen MR) is 60.5 cm³/mol. The van der Waals surface area contributed by atoms with Crippen LogP contribution >= 0.6 is 15.9 Å². The van der Waals surface area contributed by atoms with Gasteiger partial charge in [-0.05, 0) is 19.9 Å². The molecular weight excluding hydrogens is 260 g/mol. The molecular formula is C11H13BrO3. The van der Waals surface area contributed by atoms with Crippen LogP contribution in [0.5, 0.6) is 11.5 Å². The number of benzene rings is 1. The highest BCUT2D eigenvalue weighted by Crippen LogP contribution is 2.41. The Labute approximate surface area is 97.1 Å². The molecule has 1 heterocycles. The molecule has 0 saturated heterocycles. The van der Waals surface area contributed by atoms with Crippen molar-refractivity contribution in [3.05, 3.63) is 21.7 Å². The molecule has 1 aliphatic rings. The lowest BCUT2D eigenvalue weighted by molar-refractivity contribution is 0.166. The standard InChI is InChI=1S/C11H13BrO3/c1-6-10(7(2)13)8(12)5-9-11(6)15-4-3-14-9/h5,7,13H,3-4H2,1-2H3. The van der Waals surface area contributed by atoms with Gasteiger partial charge in [0.25, 0.3) is 0 Å². The minimum atomic E-state index is -0.518. The minimum absolute atomic E-state index is 0.518. The zero-order valence-corrected chi connectivity index (χ0v) is 10.3. The highest BCUT2D eigenvalue weighted by Gasteiger charge is 2.21. The number of aliphatic hydroxyl groups is 1. The summed E-state index contributed by atoms with van der Waals surface area (Å²) in [6.45, 7) is 4.81.